The summed E-state index contributed by atoms with van der Waals surface area (Å²) in [4.78, 5) is 14.0. The maximum absolute atomic E-state index is 12.0. The number of rotatable bonds is 4. The molecule has 1 fully saturated rings. The Labute approximate surface area is 155 Å². The first-order valence-electron chi connectivity index (χ1n) is 7.75. The average Bonchev–Trinajstić information content (AvgIpc) is 3.20. The standard InChI is InChI=1S/C17H17ClN2O3S2/c1-11(19-20-17(21)13-8-9-25(22,23)10-13)15-6-7-16(24-15)12-2-4-14(18)5-3-12/h2-7,13H,8-10H2,1H3,(H,20,21)/b19-11-/t13-/m0/s1. The molecular formula is C17H17ClN2O3S2. The minimum absolute atomic E-state index is 0.0726. The molecule has 25 heavy (non-hydrogen) atoms. The van der Waals surface area contributed by atoms with Gasteiger partial charge in [-0.05, 0) is 43.2 Å². The lowest BCUT2D eigenvalue weighted by molar-refractivity contribution is -0.124. The van der Waals surface area contributed by atoms with Crippen LogP contribution in [-0.4, -0.2) is 31.5 Å². The van der Waals surface area contributed by atoms with Gasteiger partial charge in [0.1, 0.15) is 0 Å². The number of carbonyl (C=O) groups excluding carboxylic acids is 1. The lowest BCUT2D eigenvalue weighted by Gasteiger charge is -2.05. The third-order valence-corrected chi connectivity index (χ3v) is 7.29. The van der Waals surface area contributed by atoms with E-state index in [-0.39, 0.29) is 17.4 Å². The Morgan fingerprint density at radius 2 is 1.96 bits per heavy atom. The minimum Gasteiger partial charge on any atom is -0.273 e. The number of carbonyl (C=O) groups is 1. The highest BCUT2D eigenvalue weighted by atomic mass is 35.5. The van der Waals surface area contributed by atoms with Gasteiger partial charge in [-0.1, -0.05) is 23.7 Å². The van der Waals surface area contributed by atoms with E-state index in [0.717, 1.165) is 15.3 Å². The van der Waals surface area contributed by atoms with Crippen molar-refractivity contribution in [3.63, 3.8) is 0 Å². The fourth-order valence-corrected chi connectivity index (χ4v) is 5.41. The highest BCUT2D eigenvalue weighted by Gasteiger charge is 2.32. The van der Waals surface area contributed by atoms with Crippen molar-refractivity contribution in [2.24, 2.45) is 11.0 Å². The Morgan fingerprint density at radius 3 is 2.60 bits per heavy atom. The number of thiophene rings is 1. The van der Waals surface area contributed by atoms with Crippen molar-refractivity contribution in [3.05, 3.63) is 46.3 Å². The molecule has 0 saturated carbocycles. The number of amides is 1. The number of sulfone groups is 1. The van der Waals surface area contributed by atoms with Crippen LogP contribution in [0.2, 0.25) is 5.02 Å². The van der Waals surface area contributed by atoms with Gasteiger partial charge in [-0.2, -0.15) is 5.10 Å². The second-order valence-corrected chi connectivity index (χ2v) is 9.69. The molecule has 2 aromatic rings. The van der Waals surface area contributed by atoms with E-state index in [4.69, 9.17) is 11.6 Å². The van der Waals surface area contributed by atoms with E-state index in [1.54, 1.807) is 11.3 Å². The van der Waals surface area contributed by atoms with E-state index in [0.29, 0.717) is 17.2 Å². The monoisotopic (exact) mass is 396 g/mol. The molecule has 2 heterocycles. The molecule has 0 unspecified atom stereocenters. The van der Waals surface area contributed by atoms with Gasteiger partial charge in [-0.15, -0.1) is 11.3 Å². The second kappa shape index (κ2) is 7.27. The topological polar surface area (TPSA) is 75.6 Å². The van der Waals surface area contributed by atoms with Crippen molar-refractivity contribution >= 4 is 44.4 Å². The number of nitrogens with one attached hydrogen (secondary N) is 1. The van der Waals surface area contributed by atoms with Gasteiger partial charge < -0.3 is 0 Å². The van der Waals surface area contributed by atoms with Crippen molar-refractivity contribution in [2.75, 3.05) is 11.5 Å². The van der Waals surface area contributed by atoms with E-state index in [1.165, 1.54) is 0 Å². The maximum atomic E-state index is 12.0. The van der Waals surface area contributed by atoms with Crippen LogP contribution >= 0.6 is 22.9 Å². The fraction of sp³-hybridized carbons (Fsp3) is 0.294. The van der Waals surface area contributed by atoms with Crippen LogP contribution < -0.4 is 5.43 Å². The molecule has 1 aromatic carbocycles. The number of benzene rings is 1. The molecule has 5 nitrogen and oxygen atoms in total. The molecule has 0 aliphatic carbocycles. The number of hydrogen-bond acceptors (Lipinski definition) is 5. The summed E-state index contributed by atoms with van der Waals surface area (Å²) in [6, 6.07) is 11.5. The first-order chi connectivity index (χ1) is 11.8. The highest BCUT2D eigenvalue weighted by Crippen LogP contribution is 2.29. The molecular weight excluding hydrogens is 380 g/mol. The molecule has 132 valence electrons. The van der Waals surface area contributed by atoms with Crippen molar-refractivity contribution in [1.82, 2.24) is 5.43 Å². The quantitative estimate of drug-likeness (QED) is 0.636. The first kappa shape index (κ1) is 18.1. The van der Waals surface area contributed by atoms with Crippen LogP contribution in [0.3, 0.4) is 0 Å². The van der Waals surface area contributed by atoms with Gasteiger partial charge in [0.2, 0.25) is 5.91 Å². The van der Waals surface area contributed by atoms with Crippen LogP contribution in [0.4, 0.5) is 0 Å². The Balaban J connectivity index is 1.67. The molecule has 1 aliphatic heterocycles. The van der Waals surface area contributed by atoms with Crippen LogP contribution in [0.1, 0.15) is 18.2 Å². The summed E-state index contributed by atoms with van der Waals surface area (Å²) >= 11 is 7.47. The molecule has 1 atom stereocenters. The van der Waals surface area contributed by atoms with Gasteiger partial charge >= 0.3 is 0 Å². The maximum Gasteiger partial charge on any atom is 0.244 e. The van der Waals surface area contributed by atoms with Gasteiger partial charge in [0.15, 0.2) is 9.84 Å². The lowest BCUT2D eigenvalue weighted by atomic mass is 10.1. The Hall–Kier alpha value is -1.70. The lowest BCUT2D eigenvalue weighted by Crippen LogP contribution is -2.28. The molecule has 0 bridgehead atoms. The van der Waals surface area contributed by atoms with Gasteiger partial charge in [0, 0.05) is 9.90 Å². The third-order valence-electron chi connectivity index (χ3n) is 4.03. The van der Waals surface area contributed by atoms with Crippen molar-refractivity contribution in [1.29, 1.82) is 0 Å². The highest BCUT2D eigenvalue weighted by molar-refractivity contribution is 7.91. The zero-order valence-electron chi connectivity index (χ0n) is 13.5. The number of hydrazone groups is 1. The SMILES string of the molecule is C/C(=N/NC(=O)[C@H]1CCS(=O)(=O)C1)c1ccc(-c2ccc(Cl)cc2)s1. The van der Waals surface area contributed by atoms with Crippen molar-refractivity contribution in [3.8, 4) is 10.4 Å². The van der Waals surface area contributed by atoms with E-state index >= 15 is 0 Å². The van der Waals surface area contributed by atoms with Gasteiger partial charge in [0.05, 0.1) is 28.0 Å². The van der Waals surface area contributed by atoms with Crippen molar-refractivity contribution < 1.29 is 13.2 Å². The Kier molecular flexibility index (Phi) is 5.27. The normalized spacial score (nSPS) is 19.8. The number of hydrogen-bond donors (Lipinski definition) is 1. The largest absolute Gasteiger partial charge is 0.273 e. The minimum atomic E-state index is -3.08. The first-order valence-corrected chi connectivity index (χ1v) is 10.8. The van der Waals surface area contributed by atoms with E-state index in [2.05, 4.69) is 10.5 Å². The molecule has 0 spiro atoms. The van der Waals surface area contributed by atoms with Crippen molar-refractivity contribution in [2.45, 2.75) is 13.3 Å². The second-order valence-electron chi connectivity index (χ2n) is 5.94. The third kappa shape index (κ3) is 4.48. The molecule has 1 amide bonds. The summed E-state index contributed by atoms with van der Waals surface area (Å²) in [7, 11) is -3.08. The van der Waals surface area contributed by atoms with Crippen LogP contribution in [0.15, 0.2) is 41.5 Å². The van der Waals surface area contributed by atoms with Gasteiger partial charge in [-0.3, -0.25) is 4.79 Å². The molecule has 1 saturated heterocycles. The summed E-state index contributed by atoms with van der Waals surface area (Å²) < 4.78 is 22.9. The molecule has 3 rings (SSSR count). The van der Waals surface area contributed by atoms with Crippen LogP contribution in [-0.2, 0) is 14.6 Å². The molecule has 1 aliphatic rings. The van der Waals surface area contributed by atoms with E-state index in [1.807, 2.05) is 43.3 Å². The Morgan fingerprint density at radius 1 is 1.24 bits per heavy atom. The molecule has 1 aromatic heterocycles. The van der Waals surface area contributed by atoms with Gasteiger partial charge in [-0.25, -0.2) is 13.8 Å². The summed E-state index contributed by atoms with van der Waals surface area (Å²) in [6.45, 7) is 1.81. The predicted molar refractivity (Wildman–Crippen MR) is 102 cm³/mol. The zero-order valence-corrected chi connectivity index (χ0v) is 15.9. The van der Waals surface area contributed by atoms with E-state index < -0.39 is 15.8 Å². The fourth-order valence-electron chi connectivity index (χ4n) is 2.59. The van der Waals surface area contributed by atoms with Crippen LogP contribution in [0.5, 0.6) is 0 Å². The summed E-state index contributed by atoms with van der Waals surface area (Å²) in [5.41, 5.74) is 4.23. The Bertz CT molecular complexity index is 918. The zero-order chi connectivity index (χ0) is 18.0. The van der Waals surface area contributed by atoms with Crippen LogP contribution in [0, 0.1) is 5.92 Å². The number of nitrogens with zero attached hydrogens (tertiary/aromatic N) is 1. The van der Waals surface area contributed by atoms with E-state index in [9.17, 15) is 13.2 Å². The summed E-state index contributed by atoms with van der Waals surface area (Å²) in [6.07, 6.45) is 0.364. The smallest absolute Gasteiger partial charge is 0.244 e. The average molecular weight is 397 g/mol. The predicted octanol–water partition coefficient (Wildman–Crippen LogP) is 3.34. The van der Waals surface area contributed by atoms with Gasteiger partial charge in [0.25, 0.3) is 0 Å². The molecule has 0 radical (unpaired) electrons. The van der Waals surface area contributed by atoms with Crippen LogP contribution in [0.25, 0.3) is 10.4 Å². The number of halogens is 1. The molecule has 1 N–H and O–H groups in total. The summed E-state index contributed by atoms with van der Waals surface area (Å²) in [5.74, 6) is -0.861. The molecule has 8 heteroatoms. The summed E-state index contributed by atoms with van der Waals surface area (Å²) in [5, 5.41) is 4.81.